The lowest BCUT2D eigenvalue weighted by Crippen LogP contribution is -2.49. The maximum Gasteiger partial charge on any atom is 0.253 e. The van der Waals surface area contributed by atoms with Gasteiger partial charge in [0.25, 0.3) is 5.91 Å². The first-order valence-electron chi connectivity index (χ1n) is 8.76. The van der Waals surface area contributed by atoms with Gasteiger partial charge in [-0.2, -0.15) is 5.10 Å². The highest BCUT2D eigenvalue weighted by Gasteiger charge is 2.23. The molecule has 0 radical (unpaired) electrons. The standard InChI is InChI=1S/C19H19IN6O/c1-14-22-17(13-18(23-14)26-8-2-7-21-26)24-9-11-25(12-10-24)19(27)15-3-5-16(20)6-4-15/h2-8,13H,9-12H2,1H3. The SMILES string of the molecule is Cc1nc(N2CCN(C(=O)c3ccc(I)cc3)CC2)cc(-n2cccn2)n1. The summed E-state index contributed by atoms with van der Waals surface area (Å²) in [6.45, 7) is 4.71. The second-order valence-corrected chi connectivity index (χ2v) is 7.61. The number of aromatic nitrogens is 4. The molecule has 8 heteroatoms. The third-order valence-corrected chi connectivity index (χ3v) is 5.25. The van der Waals surface area contributed by atoms with E-state index in [4.69, 9.17) is 0 Å². The first-order chi connectivity index (χ1) is 13.1. The number of hydrogen-bond acceptors (Lipinski definition) is 5. The average molecular weight is 474 g/mol. The maximum absolute atomic E-state index is 12.7. The van der Waals surface area contributed by atoms with E-state index in [-0.39, 0.29) is 5.91 Å². The summed E-state index contributed by atoms with van der Waals surface area (Å²) in [5.41, 5.74) is 0.739. The minimum Gasteiger partial charge on any atom is -0.353 e. The Bertz CT molecular complexity index is 933. The molecule has 0 aliphatic carbocycles. The smallest absolute Gasteiger partial charge is 0.253 e. The molecular weight excluding hydrogens is 455 g/mol. The Kier molecular flexibility index (Phi) is 5.06. The highest BCUT2D eigenvalue weighted by atomic mass is 127. The van der Waals surface area contributed by atoms with Crippen molar-refractivity contribution in [2.45, 2.75) is 6.92 Å². The number of amides is 1. The lowest BCUT2D eigenvalue weighted by Gasteiger charge is -2.35. The van der Waals surface area contributed by atoms with Gasteiger partial charge in [0.1, 0.15) is 11.6 Å². The van der Waals surface area contributed by atoms with Crippen molar-refractivity contribution in [3.8, 4) is 5.82 Å². The van der Waals surface area contributed by atoms with Gasteiger partial charge in [-0.15, -0.1) is 0 Å². The fourth-order valence-electron chi connectivity index (χ4n) is 3.13. The van der Waals surface area contributed by atoms with Crippen molar-refractivity contribution >= 4 is 34.3 Å². The monoisotopic (exact) mass is 474 g/mol. The van der Waals surface area contributed by atoms with Crippen LogP contribution in [0.4, 0.5) is 5.82 Å². The van der Waals surface area contributed by atoms with Crippen molar-refractivity contribution in [1.29, 1.82) is 0 Å². The van der Waals surface area contributed by atoms with E-state index in [0.29, 0.717) is 18.9 Å². The van der Waals surface area contributed by atoms with Crippen molar-refractivity contribution in [2.75, 3.05) is 31.1 Å². The molecule has 3 aromatic rings. The molecule has 2 aromatic heterocycles. The van der Waals surface area contributed by atoms with Crippen LogP contribution >= 0.6 is 22.6 Å². The van der Waals surface area contributed by atoms with E-state index in [9.17, 15) is 4.79 Å². The first-order valence-corrected chi connectivity index (χ1v) is 9.83. The molecule has 27 heavy (non-hydrogen) atoms. The molecule has 7 nitrogen and oxygen atoms in total. The number of benzene rings is 1. The van der Waals surface area contributed by atoms with Gasteiger partial charge < -0.3 is 9.80 Å². The average Bonchev–Trinajstić information content (AvgIpc) is 3.23. The normalized spacial score (nSPS) is 14.4. The molecule has 1 saturated heterocycles. The van der Waals surface area contributed by atoms with E-state index in [2.05, 4.69) is 42.6 Å². The molecular formula is C19H19IN6O. The van der Waals surface area contributed by atoms with E-state index < -0.39 is 0 Å². The summed E-state index contributed by atoms with van der Waals surface area (Å²) in [7, 11) is 0. The van der Waals surface area contributed by atoms with Crippen molar-refractivity contribution in [1.82, 2.24) is 24.6 Å². The number of aryl methyl sites for hydroxylation is 1. The number of hydrogen-bond donors (Lipinski definition) is 0. The van der Waals surface area contributed by atoms with E-state index in [1.165, 1.54) is 0 Å². The molecule has 1 aliphatic rings. The van der Waals surface area contributed by atoms with Gasteiger partial charge in [-0.3, -0.25) is 4.79 Å². The van der Waals surface area contributed by atoms with E-state index in [1.54, 1.807) is 10.9 Å². The van der Waals surface area contributed by atoms with Crippen molar-refractivity contribution < 1.29 is 4.79 Å². The third-order valence-electron chi connectivity index (χ3n) is 4.53. The van der Waals surface area contributed by atoms with E-state index in [1.807, 2.05) is 54.4 Å². The zero-order chi connectivity index (χ0) is 18.8. The van der Waals surface area contributed by atoms with Crippen LogP contribution in [0.25, 0.3) is 5.82 Å². The fraction of sp³-hybridized carbons (Fsp3) is 0.263. The van der Waals surface area contributed by atoms with Gasteiger partial charge in [-0.25, -0.2) is 14.6 Å². The van der Waals surface area contributed by atoms with Crippen LogP contribution in [-0.4, -0.2) is 56.7 Å². The summed E-state index contributed by atoms with van der Waals surface area (Å²) >= 11 is 2.24. The lowest BCUT2D eigenvalue weighted by molar-refractivity contribution is 0.0746. The number of nitrogens with zero attached hydrogens (tertiary/aromatic N) is 6. The molecule has 1 aromatic carbocycles. The van der Waals surface area contributed by atoms with Crippen LogP contribution in [0, 0.1) is 10.5 Å². The maximum atomic E-state index is 12.7. The van der Waals surface area contributed by atoms with Crippen molar-refractivity contribution in [2.24, 2.45) is 0 Å². The summed E-state index contributed by atoms with van der Waals surface area (Å²) in [6.07, 6.45) is 3.59. The van der Waals surface area contributed by atoms with Gasteiger partial charge in [0, 0.05) is 53.8 Å². The lowest BCUT2D eigenvalue weighted by atomic mass is 10.2. The molecule has 0 atom stereocenters. The fourth-order valence-corrected chi connectivity index (χ4v) is 3.49. The summed E-state index contributed by atoms with van der Waals surface area (Å²) < 4.78 is 2.86. The number of halogens is 1. The Morgan fingerprint density at radius 1 is 1.04 bits per heavy atom. The number of rotatable bonds is 3. The van der Waals surface area contributed by atoms with Crippen LogP contribution in [0.15, 0.2) is 48.8 Å². The zero-order valence-electron chi connectivity index (χ0n) is 14.9. The van der Waals surface area contributed by atoms with Crippen LogP contribution in [0.3, 0.4) is 0 Å². The quantitative estimate of drug-likeness (QED) is 0.546. The summed E-state index contributed by atoms with van der Waals surface area (Å²) in [6, 6.07) is 11.5. The van der Waals surface area contributed by atoms with Gasteiger partial charge >= 0.3 is 0 Å². The molecule has 1 fully saturated rings. The van der Waals surface area contributed by atoms with E-state index in [0.717, 1.165) is 33.9 Å². The molecule has 1 amide bonds. The number of carbonyl (C=O) groups excluding carboxylic acids is 1. The van der Waals surface area contributed by atoms with Crippen molar-refractivity contribution in [3.63, 3.8) is 0 Å². The summed E-state index contributed by atoms with van der Waals surface area (Å²) in [4.78, 5) is 25.8. The van der Waals surface area contributed by atoms with Gasteiger partial charge in [0.2, 0.25) is 0 Å². The van der Waals surface area contributed by atoms with Crippen LogP contribution in [0.1, 0.15) is 16.2 Å². The molecule has 0 bridgehead atoms. The Morgan fingerprint density at radius 2 is 1.74 bits per heavy atom. The molecule has 138 valence electrons. The van der Waals surface area contributed by atoms with Gasteiger partial charge in [-0.1, -0.05) is 0 Å². The molecule has 3 heterocycles. The molecule has 4 rings (SSSR count). The van der Waals surface area contributed by atoms with E-state index >= 15 is 0 Å². The summed E-state index contributed by atoms with van der Waals surface area (Å²) in [5, 5.41) is 4.24. The molecule has 0 saturated carbocycles. The zero-order valence-corrected chi connectivity index (χ0v) is 17.1. The van der Waals surface area contributed by atoms with Gasteiger partial charge in [0.05, 0.1) is 0 Å². The Hall–Kier alpha value is -2.49. The second-order valence-electron chi connectivity index (χ2n) is 6.37. The number of carbonyl (C=O) groups is 1. The van der Waals surface area contributed by atoms with Crippen molar-refractivity contribution in [3.05, 3.63) is 63.7 Å². The molecule has 0 unspecified atom stereocenters. The van der Waals surface area contributed by atoms with Crippen LogP contribution in [-0.2, 0) is 0 Å². The van der Waals surface area contributed by atoms with Gasteiger partial charge in [0.15, 0.2) is 5.82 Å². The Morgan fingerprint density at radius 3 is 2.41 bits per heavy atom. The first kappa shape index (κ1) is 17.9. The third kappa shape index (κ3) is 3.95. The molecule has 1 aliphatic heterocycles. The highest BCUT2D eigenvalue weighted by Crippen LogP contribution is 2.18. The second kappa shape index (κ2) is 7.63. The largest absolute Gasteiger partial charge is 0.353 e. The van der Waals surface area contributed by atoms with Crippen LogP contribution in [0.5, 0.6) is 0 Å². The minimum absolute atomic E-state index is 0.0853. The van der Waals surface area contributed by atoms with Crippen LogP contribution in [0.2, 0.25) is 0 Å². The number of piperazine rings is 1. The minimum atomic E-state index is 0.0853. The highest BCUT2D eigenvalue weighted by molar-refractivity contribution is 14.1. The van der Waals surface area contributed by atoms with Crippen LogP contribution < -0.4 is 4.90 Å². The number of anilines is 1. The topological polar surface area (TPSA) is 67.2 Å². The predicted molar refractivity (Wildman–Crippen MR) is 111 cm³/mol. The summed E-state index contributed by atoms with van der Waals surface area (Å²) in [5.74, 6) is 2.41. The molecule has 0 N–H and O–H groups in total. The molecule has 0 spiro atoms. The Labute approximate surface area is 171 Å². The predicted octanol–water partition coefficient (Wildman–Crippen LogP) is 2.54. The Balaban J connectivity index is 1.46. The van der Waals surface area contributed by atoms with Gasteiger partial charge in [-0.05, 0) is 59.8 Å².